The highest BCUT2D eigenvalue weighted by atomic mass is 16.2. The van der Waals surface area contributed by atoms with E-state index in [1.807, 2.05) is 13.8 Å². The van der Waals surface area contributed by atoms with Crippen molar-refractivity contribution in [3.8, 4) is 0 Å². The minimum atomic E-state index is -0.140. The highest BCUT2D eigenvalue weighted by molar-refractivity contribution is 5.97. The van der Waals surface area contributed by atoms with Gasteiger partial charge in [0, 0.05) is 36.8 Å². The van der Waals surface area contributed by atoms with Crippen molar-refractivity contribution in [1.82, 2.24) is 10.2 Å². The first kappa shape index (κ1) is 19.2. The molecule has 3 N–H and O–H groups in total. The first-order valence-corrected chi connectivity index (χ1v) is 8.47. The molecule has 1 rings (SSSR count). The molecule has 0 bridgehead atoms. The van der Waals surface area contributed by atoms with Crippen molar-refractivity contribution in [2.75, 3.05) is 19.6 Å². The Labute approximate surface area is 139 Å². The number of carbonyl (C=O) groups excluding carboxylic acids is 2. The molecule has 5 nitrogen and oxygen atoms in total. The number of rotatable bonds is 9. The van der Waals surface area contributed by atoms with Crippen molar-refractivity contribution in [3.05, 3.63) is 35.4 Å². The zero-order valence-corrected chi connectivity index (χ0v) is 14.5. The second-order valence-electron chi connectivity index (χ2n) is 5.60. The van der Waals surface area contributed by atoms with Crippen molar-refractivity contribution >= 4 is 11.8 Å². The van der Waals surface area contributed by atoms with E-state index < -0.39 is 0 Å². The maximum atomic E-state index is 12.2. The van der Waals surface area contributed by atoms with Crippen LogP contribution in [0.3, 0.4) is 0 Å². The molecular formula is C18H29N3O2. The number of nitrogens with two attached hydrogens (primary N) is 1. The number of nitrogens with one attached hydrogen (secondary N) is 1. The van der Waals surface area contributed by atoms with Gasteiger partial charge in [-0.2, -0.15) is 0 Å². The van der Waals surface area contributed by atoms with E-state index in [1.165, 1.54) is 0 Å². The molecule has 0 radical (unpaired) electrons. The van der Waals surface area contributed by atoms with Crippen LogP contribution in [-0.4, -0.2) is 42.4 Å². The number of unbranched alkanes of at least 4 members (excludes halogenated alkanes) is 1. The predicted molar refractivity (Wildman–Crippen MR) is 93.5 cm³/mol. The van der Waals surface area contributed by atoms with Gasteiger partial charge in [-0.1, -0.05) is 19.8 Å². The number of carbonyl (C=O) groups is 2. The third-order valence-corrected chi connectivity index (χ3v) is 3.97. The molecule has 0 heterocycles. The summed E-state index contributed by atoms with van der Waals surface area (Å²) in [4.78, 5) is 26.2. The summed E-state index contributed by atoms with van der Waals surface area (Å²) in [5, 5.41) is 2.95. The van der Waals surface area contributed by atoms with Crippen LogP contribution in [0.1, 0.15) is 60.7 Å². The Hall–Kier alpha value is -1.88. The van der Waals surface area contributed by atoms with Crippen LogP contribution in [0, 0.1) is 0 Å². The predicted octanol–water partition coefficient (Wildman–Crippen LogP) is 2.42. The monoisotopic (exact) mass is 319 g/mol. The fraction of sp³-hybridized carbons (Fsp3) is 0.556. The number of hydrogen-bond donors (Lipinski definition) is 2. The van der Waals surface area contributed by atoms with E-state index in [2.05, 4.69) is 12.2 Å². The summed E-state index contributed by atoms with van der Waals surface area (Å²) in [6, 6.07) is 6.80. The average Bonchev–Trinajstić information content (AvgIpc) is 2.59. The van der Waals surface area contributed by atoms with Crippen LogP contribution in [-0.2, 0) is 0 Å². The van der Waals surface area contributed by atoms with Gasteiger partial charge >= 0.3 is 0 Å². The molecule has 23 heavy (non-hydrogen) atoms. The van der Waals surface area contributed by atoms with Crippen LogP contribution in [0.4, 0.5) is 0 Å². The van der Waals surface area contributed by atoms with Crippen LogP contribution < -0.4 is 11.1 Å². The van der Waals surface area contributed by atoms with Gasteiger partial charge in [0.2, 0.25) is 0 Å². The first-order valence-electron chi connectivity index (χ1n) is 8.47. The molecule has 0 fully saturated rings. The molecule has 128 valence electrons. The Morgan fingerprint density at radius 1 is 1.09 bits per heavy atom. The van der Waals surface area contributed by atoms with Gasteiger partial charge in [0.25, 0.3) is 11.8 Å². The largest absolute Gasteiger partial charge is 0.348 e. The molecule has 2 amide bonds. The fourth-order valence-corrected chi connectivity index (χ4v) is 2.43. The lowest BCUT2D eigenvalue weighted by Crippen LogP contribution is -2.40. The first-order chi connectivity index (χ1) is 11.1. The topological polar surface area (TPSA) is 75.4 Å². The van der Waals surface area contributed by atoms with Crippen molar-refractivity contribution in [1.29, 1.82) is 0 Å². The molecule has 0 saturated heterocycles. The maximum absolute atomic E-state index is 12.2. The molecule has 1 aromatic carbocycles. The van der Waals surface area contributed by atoms with Gasteiger partial charge in [-0.25, -0.2) is 0 Å². The van der Waals surface area contributed by atoms with Gasteiger partial charge in [-0.15, -0.1) is 0 Å². The normalized spacial score (nSPS) is 11.8. The van der Waals surface area contributed by atoms with Gasteiger partial charge in [0.15, 0.2) is 0 Å². The van der Waals surface area contributed by atoms with Gasteiger partial charge in [-0.3, -0.25) is 9.59 Å². The Kier molecular flexibility index (Phi) is 8.33. The van der Waals surface area contributed by atoms with Crippen LogP contribution in [0.15, 0.2) is 24.3 Å². The van der Waals surface area contributed by atoms with Crippen LogP contribution in [0.2, 0.25) is 0 Å². The number of nitrogens with zero attached hydrogens (tertiary/aromatic N) is 1. The van der Waals surface area contributed by atoms with E-state index >= 15 is 0 Å². The summed E-state index contributed by atoms with van der Waals surface area (Å²) >= 11 is 0. The molecule has 1 atom stereocenters. The smallest absolute Gasteiger partial charge is 0.253 e. The lowest BCUT2D eigenvalue weighted by molar-refractivity contribution is 0.0772. The zero-order chi connectivity index (χ0) is 17.2. The van der Waals surface area contributed by atoms with Crippen molar-refractivity contribution in [2.24, 2.45) is 5.73 Å². The fourth-order valence-electron chi connectivity index (χ4n) is 2.43. The molecule has 1 unspecified atom stereocenters. The summed E-state index contributed by atoms with van der Waals surface area (Å²) in [7, 11) is 0. The molecule has 0 spiro atoms. The SMILES string of the molecule is CCCCC(CN)NC(=O)c1ccc(C(=O)N(CC)CC)cc1. The lowest BCUT2D eigenvalue weighted by Gasteiger charge is -2.19. The molecular weight excluding hydrogens is 290 g/mol. The summed E-state index contributed by atoms with van der Waals surface area (Å²) in [6.45, 7) is 7.80. The summed E-state index contributed by atoms with van der Waals surface area (Å²) < 4.78 is 0. The minimum absolute atomic E-state index is 0.000525. The van der Waals surface area contributed by atoms with E-state index in [0.717, 1.165) is 19.3 Å². The highest BCUT2D eigenvalue weighted by Crippen LogP contribution is 2.09. The maximum Gasteiger partial charge on any atom is 0.253 e. The van der Waals surface area contributed by atoms with Gasteiger partial charge < -0.3 is 16.0 Å². The third-order valence-electron chi connectivity index (χ3n) is 3.97. The van der Waals surface area contributed by atoms with Crippen LogP contribution in [0.25, 0.3) is 0 Å². The number of amides is 2. The molecule has 0 saturated carbocycles. The second kappa shape index (κ2) is 10.0. The Morgan fingerprint density at radius 3 is 2.13 bits per heavy atom. The van der Waals surface area contributed by atoms with E-state index in [4.69, 9.17) is 5.73 Å². The molecule has 0 aromatic heterocycles. The summed E-state index contributed by atoms with van der Waals surface area (Å²) in [5.41, 5.74) is 6.86. The van der Waals surface area contributed by atoms with Crippen molar-refractivity contribution < 1.29 is 9.59 Å². The Bertz CT molecular complexity index is 495. The molecule has 5 heteroatoms. The lowest BCUT2D eigenvalue weighted by atomic mass is 10.1. The van der Waals surface area contributed by atoms with Crippen molar-refractivity contribution in [2.45, 2.75) is 46.1 Å². The minimum Gasteiger partial charge on any atom is -0.348 e. The number of hydrogen-bond acceptors (Lipinski definition) is 3. The standard InChI is InChI=1S/C18H29N3O2/c1-4-7-8-16(13-19)20-17(22)14-9-11-15(12-10-14)18(23)21(5-2)6-3/h9-12,16H,4-8,13,19H2,1-3H3,(H,20,22). The van der Waals surface area contributed by atoms with Crippen LogP contribution in [0.5, 0.6) is 0 Å². The third kappa shape index (κ3) is 5.67. The Balaban J connectivity index is 2.71. The molecule has 0 aliphatic carbocycles. The Morgan fingerprint density at radius 2 is 1.65 bits per heavy atom. The van der Waals surface area contributed by atoms with Gasteiger partial charge in [0.1, 0.15) is 0 Å². The van der Waals surface area contributed by atoms with E-state index in [-0.39, 0.29) is 17.9 Å². The molecule has 1 aromatic rings. The van der Waals surface area contributed by atoms with Gasteiger partial charge in [-0.05, 0) is 44.5 Å². The summed E-state index contributed by atoms with van der Waals surface area (Å²) in [5.74, 6) is -0.150. The van der Waals surface area contributed by atoms with E-state index in [1.54, 1.807) is 29.2 Å². The van der Waals surface area contributed by atoms with Crippen LogP contribution >= 0.6 is 0 Å². The number of benzene rings is 1. The quantitative estimate of drug-likeness (QED) is 0.734. The molecule has 0 aliphatic heterocycles. The summed E-state index contributed by atoms with van der Waals surface area (Å²) in [6.07, 6.45) is 3.01. The van der Waals surface area contributed by atoms with Gasteiger partial charge in [0.05, 0.1) is 0 Å². The second-order valence-corrected chi connectivity index (χ2v) is 5.60. The molecule has 0 aliphatic rings. The zero-order valence-electron chi connectivity index (χ0n) is 14.5. The van der Waals surface area contributed by atoms with Crippen molar-refractivity contribution in [3.63, 3.8) is 0 Å². The average molecular weight is 319 g/mol. The van der Waals surface area contributed by atoms with E-state index in [9.17, 15) is 9.59 Å². The van der Waals surface area contributed by atoms with E-state index in [0.29, 0.717) is 30.8 Å². The highest BCUT2D eigenvalue weighted by Gasteiger charge is 2.15.